The van der Waals surface area contributed by atoms with E-state index < -0.39 is 47.7 Å². The third-order valence-corrected chi connectivity index (χ3v) is 4.65. The van der Waals surface area contributed by atoms with Gasteiger partial charge in [0.1, 0.15) is 18.2 Å². The van der Waals surface area contributed by atoms with Crippen LogP contribution in [0.1, 0.15) is 35.6 Å². The zero-order valence-electron chi connectivity index (χ0n) is 16.3. The maximum absolute atomic E-state index is 13.1. The van der Waals surface area contributed by atoms with Gasteiger partial charge in [-0.05, 0) is 24.1 Å². The molecule has 0 bridgehead atoms. The molecule has 7 nitrogen and oxygen atoms in total. The van der Waals surface area contributed by atoms with E-state index in [2.05, 4.69) is 5.32 Å². The maximum atomic E-state index is 13.1. The lowest BCUT2D eigenvalue weighted by atomic mass is 10.0. The Balaban J connectivity index is 0.00000450. The number of amides is 2. The van der Waals surface area contributed by atoms with E-state index in [1.54, 1.807) is 13.8 Å². The summed E-state index contributed by atoms with van der Waals surface area (Å²) in [6.45, 7) is 4.65. The summed E-state index contributed by atoms with van der Waals surface area (Å²) in [5, 5.41) is 2.83. The molecule has 3 atom stereocenters. The van der Waals surface area contributed by atoms with Crippen molar-refractivity contribution in [3.63, 3.8) is 0 Å². The molecule has 0 aromatic heterocycles. The molecular formula is C19H28F3N3O4. The fraction of sp³-hybridized carbons (Fsp3) is 0.526. The van der Waals surface area contributed by atoms with Crippen LogP contribution in [0.15, 0.2) is 24.3 Å². The molecule has 0 saturated carbocycles. The maximum Gasteiger partial charge on any atom is 0.416 e. The number of alkyl halides is 3. The van der Waals surface area contributed by atoms with Crippen molar-refractivity contribution in [2.24, 2.45) is 11.7 Å². The lowest BCUT2D eigenvalue weighted by molar-refractivity contribution is -0.146. The number of hydrogen-bond acceptors (Lipinski definition) is 5. The van der Waals surface area contributed by atoms with Crippen molar-refractivity contribution in [2.75, 3.05) is 11.9 Å². The third kappa shape index (κ3) is 5.61. The van der Waals surface area contributed by atoms with Gasteiger partial charge in [-0.25, -0.2) is 0 Å². The molecule has 1 aliphatic heterocycles. The molecule has 1 saturated heterocycles. The van der Waals surface area contributed by atoms with Gasteiger partial charge in [0.2, 0.25) is 11.8 Å². The highest BCUT2D eigenvalue weighted by Crippen LogP contribution is 2.31. The van der Waals surface area contributed by atoms with E-state index in [1.807, 2.05) is 0 Å². The van der Waals surface area contributed by atoms with Crippen molar-refractivity contribution in [3.05, 3.63) is 29.8 Å². The summed E-state index contributed by atoms with van der Waals surface area (Å²) in [4.78, 5) is 37.3. The zero-order valence-corrected chi connectivity index (χ0v) is 16.3. The molecule has 164 valence electrons. The number of rotatable bonds is 6. The molecule has 10 heteroatoms. The normalized spacial score (nSPS) is 20.4. The molecule has 1 aliphatic rings. The molecule has 1 heterocycles. The SMILES string of the molecule is CC(=O)O[C@@H]1C[C@@H](C(N)=O)N(C(=O)[C@@H](Nc2cccc(C(F)(F)F)c2)C(C)C)C1.[HH].[HH]. The molecule has 1 aromatic rings. The van der Waals surface area contributed by atoms with Gasteiger partial charge in [-0.1, -0.05) is 19.9 Å². The van der Waals surface area contributed by atoms with Crippen LogP contribution in [-0.4, -0.2) is 47.4 Å². The highest BCUT2D eigenvalue weighted by atomic mass is 19.4. The Morgan fingerprint density at radius 1 is 1.31 bits per heavy atom. The van der Waals surface area contributed by atoms with Gasteiger partial charge >= 0.3 is 12.1 Å². The predicted molar refractivity (Wildman–Crippen MR) is 103 cm³/mol. The molecule has 0 radical (unpaired) electrons. The van der Waals surface area contributed by atoms with Gasteiger partial charge in [0.05, 0.1) is 12.1 Å². The smallest absolute Gasteiger partial charge is 0.416 e. The van der Waals surface area contributed by atoms with Crippen LogP contribution in [0.25, 0.3) is 0 Å². The molecule has 0 unspecified atom stereocenters. The monoisotopic (exact) mass is 419 g/mol. The minimum atomic E-state index is -4.52. The van der Waals surface area contributed by atoms with Crippen LogP contribution >= 0.6 is 0 Å². The quantitative estimate of drug-likeness (QED) is 0.691. The number of esters is 1. The molecule has 2 amide bonds. The van der Waals surface area contributed by atoms with Crippen molar-refractivity contribution in [3.8, 4) is 0 Å². The summed E-state index contributed by atoms with van der Waals surface area (Å²) in [6.07, 6.45) is -5.11. The van der Waals surface area contributed by atoms with Crippen molar-refractivity contribution in [1.82, 2.24) is 4.90 Å². The zero-order chi connectivity index (χ0) is 21.9. The lowest BCUT2D eigenvalue weighted by Gasteiger charge is -2.30. The first-order valence-electron chi connectivity index (χ1n) is 9.11. The summed E-state index contributed by atoms with van der Waals surface area (Å²) >= 11 is 0. The first-order valence-corrected chi connectivity index (χ1v) is 9.11. The van der Waals surface area contributed by atoms with E-state index in [0.29, 0.717) is 0 Å². The van der Waals surface area contributed by atoms with Gasteiger partial charge in [-0.3, -0.25) is 14.4 Å². The summed E-state index contributed by atoms with van der Waals surface area (Å²) in [6, 6.07) is 2.65. The van der Waals surface area contributed by atoms with E-state index in [1.165, 1.54) is 24.0 Å². The second-order valence-corrected chi connectivity index (χ2v) is 7.32. The highest BCUT2D eigenvalue weighted by molar-refractivity contribution is 5.91. The van der Waals surface area contributed by atoms with E-state index >= 15 is 0 Å². The second-order valence-electron chi connectivity index (χ2n) is 7.32. The third-order valence-electron chi connectivity index (χ3n) is 4.65. The number of nitrogens with one attached hydrogen (secondary N) is 1. The molecule has 1 fully saturated rings. The number of ether oxygens (including phenoxy) is 1. The summed E-state index contributed by atoms with van der Waals surface area (Å²) in [7, 11) is 0. The lowest BCUT2D eigenvalue weighted by Crippen LogP contribution is -2.51. The number of carbonyl (C=O) groups is 3. The van der Waals surface area contributed by atoms with Gasteiger partial charge in [0.25, 0.3) is 0 Å². The van der Waals surface area contributed by atoms with Crippen molar-refractivity contribution in [2.45, 2.75) is 51.6 Å². The number of likely N-dealkylation sites (tertiary alicyclic amines) is 1. The number of primary amides is 1. The van der Waals surface area contributed by atoms with E-state index in [0.717, 1.165) is 12.1 Å². The minimum Gasteiger partial charge on any atom is -0.461 e. The summed E-state index contributed by atoms with van der Waals surface area (Å²) < 4.78 is 44.0. The van der Waals surface area contributed by atoms with Crippen LogP contribution in [0, 0.1) is 5.92 Å². The van der Waals surface area contributed by atoms with Crippen molar-refractivity contribution in [1.29, 1.82) is 0 Å². The molecule has 29 heavy (non-hydrogen) atoms. The van der Waals surface area contributed by atoms with Crippen molar-refractivity contribution < 1.29 is 35.1 Å². The predicted octanol–water partition coefficient (Wildman–Crippen LogP) is 2.65. The Kier molecular flexibility index (Phi) is 6.76. The van der Waals surface area contributed by atoms with Gasteiger partial charge < -0.3 is 20.7 Å². The number of hydrogen-bond donors (Lipinski definition) is 2. The molecule has 0 aliphatic carbocycles. The number of benzene rings is 1. The first kappa shape index (κ1) is 22.5. The van der Waals surface area contributed by atoms with Crippen LogP contribution in [-0.2, 0) is 25.3 Å². The second kappa shape index (κ2) is 8.71. The van der Waals surface area contributed by atoms with Crippen LogP contribution in [0.4, 0.5) is 18.9 Å². The fourth-order valence-electron chi connectivity index (χ4n) is 3.29. The molecule has 2 rings (SSSR count). The standard InChI is InChI=1S/C19H24F3N3O4.2H2/c1-10(2)16(24-13-6-4-5-12(7-13)19(20,21)22)18(28)25-9-14(29-11(3)26)8-15(25)17(23)27;;/h4-7,10,14-16,24H,8-9H2,1-3H3,(H2,23,27);2*1H/t14-,15+,16+;;/m1../s1. The summed E-state index contributed by atoms with van der Waals surface area (Å²) in [5.41, 5.74) is 4.68. The summed E-state index contributed by atoms with van der Waals surface area (Å²) in [5.74, 6) is -2.10. The topological polar surface area (TPSA) is 102 Å². The Labute approximate surface area is 169 Å². The van der Waals surface area contributed by atoms with Gasteiger partial charge in [0.15, 0.2) is 0 Å². The van der Waals surface area contributed by atoms with E-state index in [9.17, 15) is 27.6 Å². The average molecular weight is 419 g/mol. The first-order chi connectivity index (χ1) is 13.4. The molecular weight excluding hydrogens is 391 g/mol. The number of halogens is 3. The average Bonchev–Trinajstić information content (AvgIpc) is 3.01. The molecule has 0 spiro atoms. The Bertz CT molecular complexity index is 793. The highest BCUT2D eigenvalue weighted by Gasteiger charge is 2.43. The van der Waals surface area contributed by atoms with Crippen LogP contribution in [0.5, 0.6) is 0 Å². The van der Waals surface area contributed by atoms with Gasteiger partial charge in [-0.2, -0.15) is 13.2 Å². The minimum absolute atomic E-state index is 0. The van der Waals surface area contributed by atoms with Gasteiger partial charge in [0, 0.05) is 21.9 Å². The molecule has 3 N–H and O–H groups in total. The van der Waals surface area contributed by atoms with Crippen LogP contribution < -0.4 is 11.1 Å². The van der Waals surface area contributed by atoms with Crippen LogP contribution in [0.3, 0.4) is 0 Å². The fourth-order valence-corrected chi connectivity index (χ4v) is 3.29. The Morgan fingerprint density at radius 2 is 1.97 bits per heavy atom. The number of nitrogens with two attached hydrogens (primary N) is 1. The van der Waals surface area contributed by atoms with Crippen molar-refractivity contribution >= 4 is 23.5 Å². The van der Waals surface area contributed by atoms with E-state index in [4.69, 9.17) is 10.5 Å². The van der Waals surface area contributed by atoms with E-state index in [-0.39, 0.29) is 27.4 Å². The number of nitrogens with zero attached hydrogens (tertiary/aromatic N) is 1. The Morgan fingerprint density at radius 3 is 2.48 bits per heavy atom. The number of anilines is 1. The van der Waals surface area contributed by atoms with Crippen LogP contribution in [0.2, 0.25) is 0 Å². The number of carbonyl (C=O) groups excluding carboxylic acids is 3. The largest absolute Gasteiger partial charge is 0.461 e. The Hall–Kier alpha value is -2.78. The van der Waals surface area contributed by atoms with Gasteiger partial charge in [-0.15, -0.1) is 0 Å². The molecule has 1 aromatic carbocycles.